The van der Waals surface area contributed by atoms with Gasteiger partial charge in [-0.15, -0.1) is 0 Å². The van der Waals surface area contributed by atoms with Crippen LogP contribution in [0.3, 0.4) is 0 Å². The molecule has 5 heteroatoms. The number of hydrogen-bond donors (Lipinski definition) is 1. The second-order valence-corrected chi connectivity index (χ2v) is 7.71. The van der Waals surface area contributed by atoms with Gasteiger partial charge in [0.1, 0.15) is 17.7 Å². The summed E-state index contributed by atoms with van der Waals surface area (Å²) in [4.78, 5) is 2.22. The number of piperidine rings is 1. The zero-order valence-electron chi connectivity index (χ0n) is 15.2. The largest absolute Gasteiger partial charge is 0.327 e. The number of nitriles is 1. The Hall–Kier alpha value is -2.29. The molecule has 2 aromatic carbocycles. The molecule has 0 amide bonds. The molecule has 0 spiro atoms. The van der Waals surface area contributed by atoms with Gasteiger partial charge < -0.3 is 5.73 Å². The standard InChI is InChI=1S/C22H23F2N3/c23-20-8-7-18(15-5-6-16(11-25)21(24)10-15)22(14-3-4-14)19(20)13-27-9-1-2-17(26)12-27/h5-8,10,14,17H,1-4,9,12-13,26H2. The van der Waals surface area contributed by atoms with Crippen molar-refractivity contribution in [2.75, 3.05) is 13.1 Å². The summed E-state index contributed by atoms with van der Waals surface area (Å²) in [6, 6.07) is 9.85. The van der Waals surface area contributed by atoms with Crippen LogP contribution in [0.5, 0.6) is 0 Å². The van der Waals surface area contributed by atoms with E-state index >= 15 is 0 Å². The molecule has 140 valence electrons. The molecule has 27 heavy (non-hydrogen) atoms. The van der Waals surface area contributed by atoms with Crippen molar-refractivity contribution in [3.63, 3.8) is 0 Å². The van der Waals surface area contributed by atoms with Crippen LogP contribution in [0.2, 0.25) is 0 Å². The number of halogens is 2. The van der Waals surface area contributed by atoms with Crippen LogP contribution in [0, 0.1) is 23.0 Å². The van der Waals surface area contributed by atoms with E-state index in [2.05, 4.69) is 4.90 Å². The van der Waals surface area contributed by atoms with Gasteiger partial charge >= 0.3 is 0 Å². The highest BCUT2D eigenvalue weighted by Crippen LogP contribution is 2.47. The van der Waals surface area contributed by atoms with Crippen molar-refractivity contribution < 1.29 is 8.78 Å². The zero-order valence-corrected chi connectivity index (χ0v) is 15.2. The summed E-state index contributed by atoms with van der Waals surface area (Å²) in [6.07, 6.45) is 4.10. The van der Waals surface area contributed by atoms with Crippen molar-refractivity contribution in [1.82, 2.24) is 4.90 Å². The molecule has 1 heterocycles. The lowest BCUT2D eigenvalue weighted by Crippen LogP contribution is -2.42. The number of likely N-dealkylation sites (tertiary alicyclic amines) is 1. The van der Waals surface area contributed by atoms with Crippen molar-refractivity contribution in [2.45, 2.75) is 44.2 Å². The third kappa shape index (κ3) is 3.73. The Labute approximate surface area is 158 Å². The van der Waals surface area contributed by atoms with E-state index in [1.54, 1.807) is 12.1 Å². The first kappa shape index (κ1) is 18.1. The topological polar surface area (TPSA) is 53.0 Å². The number of rotatable bonds is 4. The highest BCUT2D eigenvalue weighted by molar-refractivity contribution is 5.71. The van der Waals surface area contributed by atoms with Gasteiger partial charge in [0, 0.05) is 24.7 Å². The normalized spacial score (nSPS) is 20.4. The van der Waals surface area contributed by atoms with Crippen LogP contribution in [-0.4, -0.2) is 24.0 Å². The molecule has 2 fully saturated rings. The summed E-state index contributed by atoms with van der Waals surface area (Å²) in [5, 5.41) is 8.96. The molecule has 1 aliphatic heterocycles. The van der Waals surface area contributed by atoms with Crippen LogP contribution in [0.25, 0.3) is 11.1 Å². The number of benzene rings is 2. The molecule has 3 nitrogen and oxygen atoms in total. The van der Waals surface area contributed by atoms with Crippen LogP contribution >= 0.6 is 0 Å². The van der Waals surface area contributed by atoms with Crippen LogP contribution in [0.15, 0.2) is 30.3 Å². The van der Waals surface area contributed by atoms with Gasteiger partial charge in [-0.1, -0.05) is 12.1 Å². The van der Waals surface area contributed by atoms with Crippen molar-refractivity contribution in [3.05, 3.63) is 58.7 Å². The number of nitrogens with zero attached hydrogens (tertiary/aromatic N) is 2. The average molecular weight is 367 g/mol. The van der Waals surface area contributed by atoms with Crippen LogP contribution < -0.4 is 5.73 Å². The van der Waals surface area contributed by atoms with E-state index in [0.717, 1.165) is 49.9 Å². The van der Waals surface area contributed by atoms with Gasteiger partial charge in [-0.2, -0.15) is 5.26 Å². The van der Waals surface area contributed by atoms with E-state index in [-0.39, 0.29) is 17.4 Å². The van der Waals surface area contributed by atoms with Gasteiger partial charge in [0.15, 0.2) is 0 Å². The zero-order chi connectivity index (χ0) is 19.0. The van der Waals surface area contributed by atoms with E-state index in [0.29, 0.717) is 23.6 Å². The Kier molecular flexibility index (Phi) is 4.94. The van der Waals surface area contributed by atoms with Crippen molar-refractivity contribution >= 4 is 0 Å². The van der Waals surface area contributed by atoms with E-state index in [1.807, 2.05) is 6.07 Å². The van der Waals surface area contributed by atoms with Crippen LogP contribution in [-0.2, 0) is 6.54 Å². The molecule has 1 atom stereocenters. The second-order valence-electron chi connectivity index (χ2n) is 7.71. The first-order valence-electron chi connectivity index (χ1n) is 9.56. The fourth-order valence-corrected chi connectivity index (χ4v) is 4.12. The van der Waals surface area contributed by atoms with Crippen LogP contribution in [0.1, 0.15) is 48.3 Å². The summed E-state index contributed by atoms with van der Waals surface area (Å²) in [7, 11) is 0. The van der Waals surface area contributed by atoms with Gasteiger partial charge in [-0.3, -0.25) is 4.90 Å². The molecule has 1 saturated heterocycles. The highest BCUT2D eigenvalue weighted by atomic mass is 19.1. The molecule has 2 N–H and O–H groups in total. The van der Waals surface area contributed by atoms with Gasteiger partial charge in [0.25, 0.3) is 0 Å². The third-order valence-corrected chi connectivity index (χ3v) is 5.61. The van der Waals surface area contributed by atoms with Crippen molar-refractivity contribution in [3.8, 4) is 17.2 Å². The number of hydrogen-bond acceptors (Lipinski definition) is 3. The van der Waals surface area contributed by atoms with Gasteiger partial charge in [-0.25, -0.2) is 8.78 Å². The molecule has 0 radical (unpaired) electrons. The lowest BCUT2D eigenvalue weighted by molar-refractivity contribution is 0.199. The summed E-state index contributed by atoms with van der Waals surface area (Å²) in [6.45, 7) is 2.24. The second kappa shape index (κ2) is 7.38. The maximum Gasteiger partial charge on any atom is 0.141 e. The molecule has 1 unspecified atom stereocenters. The quantitative estimate of drug-likeness (QED) is 0.876. The molecule has 2 aliphatic rings. The fraction of sp³-hybridized carbons (Fsp3) is 0.409. The lowest BCUT2D eigenvalue weighted by atomic mass is 9.90. The van der Waals surface area contributed by atoms with Gasteiger partial charge in [-0.05, 0) is 73.0 Å². The minimum Gasteiger partial charge on any atom is -0.327 e. The Balaban J connectivity index is 1.75. The SMILES string of the molecule is N#Cc1ccc(-c2ccc(F)c(CN3CCCC(N)C3)c2C2CC2)cc1F. The van der Waals surface area contributed by atoms with E-state index in [9.17, 15) is 8.78 Å². The monoisotopic (exact) mass is 367 g/mol. The van der Waals surface area contributed by atoms with E-state index < -0.39 is 5.82 Å². The molecular weight excluding hydrogens is 344 g/mol. The Morgan fingerprint density at radius 3 is 2.59 bits per heavy atom. The van der Waals surface area contributed by atoms with E-state index in [4.69, 9.17) is 11.0 Å². The Morgan fingerprint density at radius 1 is 1.11 bits per heavy atom. The maximum atomic E-state index is 14.8. The Morgan fingerprint density at radius 2 is 1.93 bits per heavy atom. The average Bonchev–Trinajstić information content (AvgIpc) is 3.48. The number of nitrogens with two attached hydrogens (primary N) is 1. The van der Waals surface area contributed by atoms with Crippen molar-refractivity contribution in [2.24, 2.45) is 5.73 Å². The molecular formula is C22H23F2N3. The predicted molar refractivity (Wildman–Crippen MR) is 101 cm³/mol. The van der Waals surface area contributed by atoms with Crippen LogP contribution in [0.4, 0.5) is 8.78 Å². The molecule has 1 saturated carbocycles. The first-order valence-corrected chi connectivity index (χ1v) is 9.56. The summed E-state index contributed by atoms with van der Waals surface area (Å²) in [5.41, 5.74) is 9.40. The minimum absolute atomic E-state index is 0.0244. The minimum atomic E-state index is -0.537. The molecule has 2 aromatic rings. The molecule has 0 bridgehead atoms. The van der Waals surface area contributed by atoms with Gasteiger partial charge in [0.05, 0.1) is 5.56 Å². The molecule has 1 aliphatic carbocycles. The summed E-state index contributed by atoms with van der Waals surface area (Å²) >= 11 is 0. The predicted octanol–water partition coefficient (Wildman–Crippen LogP) is 4.30. The maximum absolute atomic E-state index is 14.8. The molecule has 4 rings (SSSR count). The smallest absolute Gasteiger partial charge is 0.141 e. The summed E-state index contributed by atoms with van der Waals surface area (Å²) in [5.74, 6) is -0.415. The fourth-order valence-electron chi connectivity index (χ4n) is 4.12. The van der Waals surface area contributed by atoms with E-state index in [1.165, 1.54) is 18.2 Å². The lowest BCUT2D eigenvalue weighted by Gasteiger charge is -2.31. The molecule has 0 aromatic heterocycles. The highest BCUT2D eigenvalue weighted by Gasteiger charge is 2.31. The third-order valence-electron chi connectivity index (χ3n) is 5.61. The van der Waals surface area contributed by atoms with Gasteiger partial charge in [0.2, 0.25) is 0 Å². The Bertz CT molecular complexity index is 899. The van der Waals surface area contributed by atoms with Crippen molar-refractivity contribution in [1.29, 1.82) is 5.26 Å². The summed E-state index contributed by atoms with van der Waals surface area (Å²) < 4.78 is 29.0. The first-order chi connectivity index (χ1) is 13.1.